The van der Waals surface area contributed by atoms with Gasteiger partial charge in [-0.2, -0.15) is 4.31 Å². The van der Waals surface area contributed by atoms with Gasteiger partial charge in [-0.15, -0.1) is 0 Å². The molecule has 0 bridgehead atoms. The van der Waals surface area contributed by atoms with Crippen molar-refractivity contribution in [3.05, 3.63) is 101 Å². The van der Waals surface area contributed by atoms with E-state index < -0.39 is 10.0 Å². The fourth-order valence-corrected chi connectivity index (χ4v) is 5.14. The van der Waals surface area contributed by atoms with Crippen LogP contribution >= 0.6 is 0 Å². The van der Waals surface area contributed by atoms with Crippen molar-refractivity contribution in [1.82, 2.24) is 4.31 Å². The van der Waals surface area contributed by atoms with Crippen LogP contribution in [0.5, 0.6) is 11.5 Å². The van der Waals surface area contributed by atoms with Gasteiger partial charge in [0.15, 0.2) is 5.78 Å². The Kier molecular flexibility index (Phi) is 6.95. The van der Waals surface area contributed by atoms with E-state index in [-0.39, 0.29) is 23.8 Å². The highest BCUT2D eigenvalue weighted by molar-refractivity contribution is 7.89. The zero-order valence-corrected chi connectivity index (χ0v) is 19.8. The fourth-order valence-electron chi connectivity index (χ4n) is 3.72. The zero-order valence-electron chi connectivity index (χ0n) is 19.0. The lowest BCUT2D eigenvalue weighted by molar-refractivity contribution is -0.113. The molecule has 3 aromatic rings. The highest BCUT2D eigenvalue weighted by Crippen LogP contribution is 2.27. The van der Waals surface area contributed by atoms with Crippen LogP contribution in [0.1, 0.15) is 11.1 Å². The van der Waals surface area contributed by atoms with Crippen molar-refractivity contribution in [3.8, 4) is 11.5 Å². The molecule has 1 heterocycles. The first-order chi connectivity index (χ1) is 16.4. The molecule has 0 N–H and O–H groups in total. The fraction of sp³-hybridized carbons (Fsp3) is 0.148. The topological polar surface area (TPSA) is 72.9 Å². The minimum Gasteiger partial charge on any atom is -0.497 e. The smallest absolute Gasteiger partial charge is 0.243 e. The van der Waals surface area contributed by atoms with E-state index in [1.807, 2.05) is 24.3 Å². The summed E-state index contributed by atoms with van der Waals surface area (Å²) in [5.41, 5.74) is 2.37. The van der Waals surface area contributed by atoms with E-state index in [0.29, 0.717) is 22.6 Å². The van der Waals surface area contributed by atoms with E-state index in [2.05, 4.69) is 0 Å². The summed E-state index contributed by atoms with van der Waals surface area (Å²) in [5.74, 6) is 1.22. The Morgan fingerprint density at radius 1 is 0.706 bits per heavy atom. The van der Waals surface area contributed by atoms with Crippen LogP contribution in [-0.4, -0.2) is 45.8 Å². The quantitative estimate of drug-likeness (QED) is 0.493. The number of ether oxygens (including phenoxy) is 2. The molecule has 0 saturated carbocycles. The molecule has 7 heteroatoms. The number of ketones is 1. The van der Waals surface area contributed by atoms with Crippen LogP contribution in [0.3, 0.4) is 0 Å². The van der Waals surface area contributed by atoms with Crippen LogP contribution < -0.4 is 9.47 Å². The van der Waals surface area contributed by atoms with Gasteiger partial charge in [0.05, 0.1) is 19.1 Å². The van der Waals surface area contributed by atoms with Gasteiger partial charge in [0.25, 0.3) is 0 Å². The van der Waals surface area contributed by atoms with Gasteiger partial charge >= 0.3 is 0 Å². The molecule has 0 atom stereocenters. The molecule has 174 valence electrons. The van der Waals surface area contributed by atoms with Crippen LogP contribution in [0.4, 0.5) is 0 Å². The van der Waals surface area contributed by atoms with Crippen molar-refractivity contribution in [2.75, 3.05) is 27.3 Å². The van der Waals surface area contributed by atoms with E-state index in [9.17, 15) is 13.2 Å². The third kappa shape index (κ3) is 5.11. The summed E-state index contributed by atoms with van der Waals surface area (Å²) in [4.78, 5) is 13.6. The maximum atomic E-state index is 13.4. The third-order valence-electron chi connectivity index (χ3n) is 5.57. The molecular formula is C27H25NO5S. The summed E-state index contributed by atoms with van der Waals surface area (Å²) >= 11 is 0. The van der Waals surface area contributed by atoms with Gasteiger partial charge in [-0.3, -0.25) is 4.79 Å². The van der Waals surface area contributed by atoms with Crippen LogP contribution in [0.15, 0.2) is 94.9 Å². The predicted octanol–water partition coefficient (Wildman–Crippen LogP) is 4.44. The normalized spacial score (nSPS) is 17.2. The minimum absolute atomic E-state index is 0.0119. The zero-order chi connectivity index (χ0) is 24.1. The summed E-state index contributed by atoms with van der Waals surface area (Å²) in [6.45, 7) is -0.0237. The van der Waals surface area contributed by atoms with E-state index in [1.54, 1.807) is 81.0 Å². The van der Waals surface area contributed by atoms with Crippen LogP contribution in [0.2, 0.25) is 0 Å². The second-order valence-corrected chi connectivity index (χ2v) is 9.74. The number of hydrogen-bond donors (Lipinski definition) is 0. The average Bonchev–Trinajstić information content (AvgIpc) is 2.87. The Hall–Kier alpha value is -3.68. The largest absolute Gasteiger partial charge is 0.497 e. The first-order valence-corrected chi connectivity index (χ1v) is 12.1. The summed E-state index contributed by atoms with van der Waals surface area (Å²) < 4.78 is 38.5. The Morgan fingerprint density at radius 3 is 1.56 bits per heavy atom. The molecule has 34 heavy (non-hydrogen) atoms. The highest BCUT2D eigenvalue weighted by Gasteiger charge is 2.34. The lowest BCUT2D eigenvalue weighted by atomic mass is 9.95. The number of piperidine rings is 1. The number of nitrogens with zero attached hydrogens (tertiary/aromatic N) is 1. The third-order valence-corrected chi connectivity index (χ3v) is 7.38. The molecule has 0 radical (unpaired) electrons. The monoisotopic (exact) mass is 475 g/mol. The molecule has 3 aromatic carbocycles. The average molecular weight is 476 g/mol. The molecule has 1 aliphatic heterocycles. The standard InChI is InChI=1S/C27H25NO5S/c1-32-24-12-8-20(9-13-24)16-22-18-28(34(30,31)26-6-4-3-5-7-26)19-23(27(22)29)17-21-10-14-25(33-2)15-11-21/h3-17H,18-19H2,1-2H3/b22-16-,23-17+. The first-order valence-electron chi connectivity index (χ1n) is 10.7. The van der Waals surface area contributed by atoms with Crippen molar-refractivity contribution in [2.24, 2.45) is 0 Å². The van der Waals surface area contributed by atoms with E-state index in [1.165, 1.54) is 4.31 Å². The van der Waals surface area contributed by atoms with Gasteiger partial charge in [0.1, 0.15) is 11.5 Å². The summed E-state index contributed by atoms with van der Waals surface area (Å²) in [5, 5.41) is 0. The molecule has 0 spiro atoms. The molecule has 0 unspecified atom stereocenters. The lowest BCUT2D eigenvalue weighted by Crippen LogP contribution is -2.41. The summed E-state index contributed by atoms with van der Waals surface area (Å²) in [6.07, 6.45) is 3.46. The van der Waals surface area contributed by atoms with Crippen molar-refractivity contribution in [3.63, 3.8) is 0 Å². The van der Waals surface area contributed by atoms with Gasteiger partial charge in [0, 0.05) is 24.2 Å². The number of carbonyl (C=O) groups is 1. The Morgan fingerprint density at radius 2 is 1.15 bits per heavy atom. The van der Waals surface area contributed by atoms with Gasteiger partial charge in [-0.25, -0.2) is 8.42 Å². The van der Waals surface area contributed by atoms with E-state index in [0.717, 1.165) is 11.1 Å². The molecular weight excluding hydrogens is 450 g/mol. The predicted molar refractivity (Wildman–Crippen MR) is 132 cm³/mol. The van der Waals surface area contributed by atoms with Gasteiger partial charge in [-0.1, -0.05) is 42.5 Å². The number of methoxy groups -OCH3 is 2. The SMILES string of the molecule is COc1ccc(/C=C2/CN(S(=O)(=O)c3ccccc3)C/C(=C\c3ccc(OC)cc3)C2=O)cc1. The minimum atomic E-state index is -3.80. The number of carbonyl (C=O) groups excluding carboxylic acids is 1. The maximum Gasteiger partial charge on any atom is 0.243 e. The van der Waals surface area contributed by atoms with Gasteiger partial charge < -0.3 is 9.47 Å². The Balaban J connectivity index is 1.75. The lowest BCUT2D eigenvalue weighted by Gasteiger charge is -2.29. The van der Waals surface area contributed by atoms with E-state index >= 15 is 0 Å². The van der Waals surface area contributed by atoms with Crippen molar-refractivity contribution in [1.29, 1.82) is 0 Å². The van der Waals surface area contributed by atoms with Crippen LogP contribution in [0.25, 0.3) is 12.2 Å². The van der Waals surface area contributed by atoms with Gasteiger partial charge in [-0.05, 0) is 59.7 Å². The Bertz CT molecular complexity index is 1260. The van der Waals surface area contributed by atoms with Crippen molar-refractivity contribution >= 4 is 28.0 Å². The first kappa shape index (κ1) is 23.5. The number of Topliss-reactive ketones (excluding diaryl/α,β-unsaturated/α-hetero) is 1. The number of rotatable bonds is 6. The summed E-state index contributed by atoms with van der Waals surface area (Å²) in [7, 11) is -0.630. The van der Waals surface area contributed by atoms with Crippen molar-refractivity contribution in [2.45, 2.75) is 4.90 Å². The Labute approximate surface area is 199 Å². The number of sulfonamides is 1. The highest BCUT2D eigenvalue weighted by atomic mass is 32.2. The number of benzene rings is 3. The molecule has 4 rings (SSSR count). The second kappa shape index (κ2) is 10.1. The van der Waals surface area contributed by atoms with Crippen molar-refractivity contribution < 1.29 is 22.7 Å². The van der Waals surface area contributed by atoms with Crippen LogP contribution in [0, 0.1) is 0 Å². The second-order valence-electron chi connectivity index (χ2n) is 7.80. The summed E-state index contributed by atoms with van der Waals surface area (Å²) in [6, 6.07) is 22.8. The van der Waals surface area contributed by atoms with Gasteiger partial charge in [0.2, 0.25) is 10.0 Å². The molecule has 1 aliphatic rings. The molecule has 1 fully saturated rings. The molecule has 0 aromatic heterocycles. The van der Waals surface area contributed by atoms with Crippen LogP contribution in [-0.2, 0) is 14.8 Å². The maximum absolute atomic E-state index is 13.4. The molecule has 0 amide bonds. The number of hydrogen-bond acceptors (Lipinski definition) is 5. The molecule has 1 saturated heterocycles. The molecule has 0 aliphatic carbocycles. The van der Waals surface area contributed by atoms with E-state index in [4.69, 9.17) is 9.47 Å². The molecule has 6 nitrogen and oxygen atoms in total.